The summed E-state index contributed by atoms with van der Waals surface area (Å²) in [6.45, 7) is 0. The number of hydrogen-bond donors (Lipinski definition) is 2. The fourth-order valence-electron chi connectivity index (χ4n) is 3.00. The molecule has 2 N–H and O–H groups in total. The number of aromatic nitrogens is 1. The number of carbonyl (C=O) groups excluding carboxylic acids is 1. The van der Waals surface area contributed by atoms with Gasteiger partial charge in [0.05, 0.1) is 0 Å². The van der Waals surface area contributed by atoms with Gasteiger partial charge in [-0.05, 0) is 53.8 Å². The van der Waals surface area contributed by atoms with Gasteiger partial charge in [-0.3, -0.25) is 9.78 Å². The summed E-state index contributed by atoms with van der Waals surface area (Å²) >= 11 is 0. The van der Waals surface area contributed by atoms with Crippen LogP contribution in [0.2, 0.25) is 0 Å². The van der Waals surface area contributed by atoms with Crippen LogP contribution in [0.15, 0.2) is 79.1 Å². The fourth-order valence-corrected chi connectivity index (χ4v) is 3.00. The van der Waals surface area contributed by atoms with Crippen molar-refractivity contribution in [2.24, 2.45) is 0 Å². The fraction of sp³-hybridized carbons (Fsp3) is 0.174. The molecule has 0 fully saturated rings. The Morgan fingerprint density at radius 3 is 2.25 bits per heavy atom. The second-order valence-electron chi connectivity index (χ2n) is 6.61. The average molecular weight is 374 g/mol. The van der Waals surface area contributed by atoms with E-state index in [0.717, 1.165) is 24.0 Å². The normalized spacial score (nSPS) is 11.6. The number of benzene rings is 2. The third-order valence-electron chi connectivity index (χ3n) is 4.53. The van der Waals surface area contributed by atoms with Crippen LogP contribution >= 0.6 is 0 Å². The van der Waals surface area contributed by atoms with Crippen molar-refractivity contribution in [3.63, 3.8) is 0 Å². The van der Waals surface area contributed by atoms with Gasteiger partial charge in [-0.2, -0.15) is 0 Å². The monoisotopic (exact) mass is 374 g/mol. The van der Waals surface area contributed by atoms with Crippen molar-refractivity contribution < 1.29 is 14.7 Å². The number of hydrogen-bond acceptors (Lipinski definition) is 3. The molecule has 0 radical (unpaired) electrons. The van der Waals surface area contributed by atoms with Crippen molar-refractivity contribution in [1.82, 2.24) is 10.3 Å². The number of pyridine rings is 1. The summed E-state index contributed by atoms with van der Waals surface area (Å²) in [6.07, 6.45) is 5.40. The summed E-state index contributed by atoms with van der Waals surface area (Å²) < 4.78 is 0. The highest BCUT2D eigenvalue weighted by Gasteiger charge is 2.21. The lowest BCUT2D eigenvalue weighted by atomic mass is 10.0. The lowest BCUT2D eigenvalue weighted by Gasteiger charge is -2.15. The Kier molecular flexibility index (Phi) is 6.52. The van der Waals surface area contributed by atoms with Gasteiger partial charge in [0.2, 0.25) is 0 Å². The molecule has 142 valence electrons. The highest BCUT2D eigenvalue weighted by molar-refractivity contribution is 5.96. The molecule has 3 aromatic rings. The maximum absolute atomic E-state index is 12.6. The molecular weight excluding hydrogens is 352 g/mol. The van der Waals surface area contributed by atoms with Gasteiger partial charge in [-0.25, -0.2) is 4.79 Å². The van der Waals surface area contributed by atoms with Crippen LogP contribution in [-0.2, 0) is 24.1 Å². The number of nitrogens with one attached hydrogen (secondary N) is 1. The molecule has 0 aliphatic carbocycles. The van der Waals surface area contributed by atoms with Gasteiger partial charge in [-0.15, -0.1) is 0 Å². The summed E-state index contributed by atoms with van der Waals surface area (Å²) in [4.78, 5) is 28.2. The minimum absolute atomic E-state index is 0.240. The van der Waals surface area contributed by atoms with Gasteiger partial charge in [-0.1, -0.05) is 42.5 Å². The van der Waals surface area contributed by atoms with E-state index in [1.54, 1.807) is 18.5 Å². The van der Waals surface area contributed by atoms with Crippen LogP contribution in [-0.4, -0.2) is 28.0 Å². The van der Waals surface area contributed by atoms with Gasteiger partial charge < -0.3 is 10.4 Å². The van der Waals surface area contributed by atoms with Crippen molar-refractivity contribution in [2.75, 3.05) is 0 Å². The summed E-state index contributed by atoms with van der Waals surface area (Å²) in [6, 6.07) is 19.5. The molecule has 0 unspecified atom stereocenters. The van der Waals surface area contributed by atoms with Gasteiger partial charge in [0, 0.05) is 24.4 Å². The first-order chi connectivity index (χ1) is 13.6. The quantitative estimate of drug-likeness (QED) is 0.634. The Hall–Kier alpha value is -3.47. The molecule has 28 heavy (non-hydrogen) atoms. The molecule has 1 heterocycles. The van der Waals surface area contributed by atoms with E-state index in [0.29, 0.717) is 5.56 Å². The van der Waals surface area contributed by atoms with Crippen LogP contribution in [0.4, 0.5) is 0 Å². The standard InChI is InChI=1S/C23H22N2O3/c26-22(25-21(23(27)28)16-18-5-2-1-3-6-18)20-8-4-7-19(15-20)10-9-17-11-13-24-14-12-17/h1-8,11-15,21H,9-10,16H2,(H,25,26)(H,27,28)/t21-/m0/s1. The zero-order valence-corrected chi connectivity index (χ0v) is 15.4. The molecule has 1 atom stereocenters. The van der Waals surface area contributed by atoms with E-state index in [1.807, 2.05) is 60.7 Å². The summed E-state index contributed by atoms with van der Waals surface area (Å²) in [7, 11) is 0. The molecule has 0 bridgehead atoms. The largest absolute Gasteiger partial charge is 0.480 e. The minimum Gasteiger partial charge on any atom is -0.480 e. The Labute approximate surface area is 164 Å². The summed E-state index contributed by atoms with van der Waals surface area (Å²) in [5, 5.41) is 12.1. The van der Waals surface area contributed by atoms with E-state index in [1.165, 1.54) is 5.56 Å². The number of aryl methyl sites for hydroxylation is 2. The number of carbonyl (C=O) groups is 2. The molecular formula is C23H22N2O3. The van der Waals surface area contributed by atoms with E-state index in [4.69, 9.17) is 0 Å². The van der Waals surface area contributed by atoms with Crippen molar-refractivity contribution in [2.45, 2.75) is 25.3 Å². The number of carboxylic acid groups (broad SMARTS) is 1. The molecule has 0 aliphatic heterocycles. The Morgan fingerprint density at radius 1 is 0.857 bits per heavy atom. The molecule has 5 heteroatoms. The maximum Gasteiger partial charge on any atom is 0.326 e. The van der Waals surface area contributed by atoms with Crippen LogP contribution < -0.4 is 5.32 Å². The maximum atomic E-state index is 12.6. The third-order valence-corrected chi connectivity index (χ3v) is 4.53. The molecule has 1 aromatic heterocycles. The molecule has 5 nitrogen and oxygen atoms in total. The van der Waals surface area contributed by atoms with Crippen molar-refractivity contribution in [3.05, 3.63) is 101 Å². The Morgan fingerprint density at radius 2 is 1.54 bits per heavy atom. The molecule has 0 spiro atoms. The first-order valence-electron chi connectivity index (χ1n) is 9.17. The number of rotatable bonds is 8. The van der Waals surface area contributed by atoms with Crippen LogP contribution in [0.25, 0.3) is 0 Å². The van der Waals surface area contributed by atoms with Crippen LogP contribution in [0.3, 0.4) is 0 Å². The highest BCUT2D eigenvalue weighted by atomic mass is 16.4. The Bertz CT molecular complexity index is 927. The smallest absolute Gasteiger partial charge is 0.326 e. The number of amides is 1. The average Bonchev–Trinajstić information content (AvgIpc) is 2.73. The first-order valence-corrected chi connectivity index (χ1v) is 9.17. The summed E-state index contributed by atoms with van der Waals surface area (Å²) in [5.41, 5.74) is 3.53. The zero-order chi connectivity index (χ0) is 19.8. The molecule has 0 aliphatic rings. The molecule has 0 saturated carbocycles. The van der Waals surface area contributed by atoms with Crippen LogP contribution in [0, 0.1) is 0 Å². The predicted molar refractivity (Wildman–Crippen MR) is 107 cm³/mol. The SMILES string of the molecule is O=C(N[C@@H](Cc1ccccc1)C(=O)O)c1cccc(CCc2ccncc2)c1. The predicted octanol–water partition coefficient (Wildman–Crippen LogP) is 3.29. The minimum atomic E-state index is -1.05. The van der Waals surface area contributed by atoms with Crippen molar-refractivity contribution in [3.8, 4) is 0 Å². The van der Waals surface area contributed by atoms with Gasteiger partial charge in [0.1, 0.15) is 6.04 Å². The van der Waals surface area contributed by atoms with E-state index in [-0.39, 0.29) is 12.3 Å². The number of nitrogens with zero attached hydrogens (tertiary/aromatic N) is 1. The van der Waals surface area contributed by atoms with E-state index in [9.17, 15) is 14.7 Å². The summed E-state index contributed by atoms with van der Waals surface area (Å²) in [5.74, 6) is -1.43. The van der Waals surface area contributed by atoms with Crippen LogP contribution in [0.5, 0.6) is 0 Å². The number of aliphatic carboxylic acids is 1. The van der Waals surface area contributed by atoms with Crippen molar-refractivity contribution >= 4 is 11.9 Å². The first kappa shape index (κ1) is 19.3. The topological polar surface area (TPSA) is 79.3 Å². The number of carboxylic acids is 1. The molecule has 3 rings (SSSR count). The van der Waals surface area contributed by atoms with Gasteiger partial charge in [0.15, 0.2) is 0 Å². The van der Waals surface area contributed by atoms with Crippen molar-refractivity contribution in [1.29, 1.82) is 0 Å². The van der Waals surface area contributed by atoms with E-state index >= 15 is 0 Å². The Balaban J connectivity index is 1.64. The van der Waals surface area contributed by atoms with Gasteiger partial charge >= 0.3 is 5.97 Å². The van der Waals surface area contributed by atoms with E-state index < -0.39 is 12.0 Å². The van der Waals surface area contributed by atoms with Crippen LogP contribution in [0.1, 0.15) is 27.0 Å². The molecule has 2 aromatic carbocycles. The van der Waals surface area contributed by atoms with E-state index in [2.05, 4.69) is 10.3 Å². The molecule has 1 amide bonds. The second-order valence-corrected chi connectivity index (χ2v) is 6.61. The van der Waals surface area contributed by atoms with Gasteiger partial charge in [0.25, 0.3) is 5.91 Å². The zero-order valence-electron chi connectivity index (χ0n) is 15.4. The third kappa shape index (κ3) is 5.51. The second kappa shape index (κ2) is 9.46. The molecule has 0 saturated heterocycles. The lowest BCUT2D eigenvalue weighted by Crippen LogP contribution is -2.42. The lowest BCUT2D eigenvalue weighted by molar-refractivity contribution is -0.139. The highest BCUT2D eigenvalue weighted by Crippen LogP contribution is 2.11.